The van der Waals surface area contributed by atoms with Crippen LogP contribution in [0.15, 0.2) is 12.2 Å². The predicted octanol–water partition coefficient (Wildman–Crippen LogP) is -1.04. The fraction of sp³-hybridized carbons (Fsp3) is 0.583. The van der Waals surface area contributed by atoms with E-state index in [1.54, 1.807) is 0 Å². The second-order valence-electron chi connectivity index (χ2n) is 4.29. The zero-order valence-corrected chi connectivity index (χ0v) is 11.7. The molecule has 9 N–H and O–H groups in total. The van der Waals surface area contributed by atoms with Gasteiger partial charge in [-0.05, 0) is 19.4 Å². The van der Waals surface area contributed by atoms with Crippen LogP contribution < -0.4 is 17.2 Å². The summed E-state index contributed by atoms with van der Waals surface area (Å²) in [6, 6.07) is -1.90. The van der Waals surface area contributed by atoms with E-state index in [0.717, 1.165) is 12.8 Å². The Morgan fingerprint density at radius 1 is 0.952 bits per heavy atom. The largest absolute Gasteiger partial charge is 0.480 e. The van der Waals surface area contributed by atoms with Gasteiger partial charge in [-0.1, -0.05) is 13.0 Å². The van der Waals surface area contributed by atoms with E-state index in [1.807, 2.05) is 0 Å². The predicted molar refractivity (Wildman–Crippen MR) is 75.5 cm³/mol. The minimum Gasteiger partial charge on any atom is -0.480 e. The average Bonchev–Trinajstić information content (AvgIpc) is 2.39. The first kappa shape index (κ1) is 21.3. The summed E-state index contributed by atoms with van der Waals surface area (Å²) >= 11 is 0. The van der Waals surface area contributed by atoms with E-state index >= 15 is 0 Å². The number of unbranched alkanes of at least 4 members (excludes halogenated alkanes) is 1. The third-order valence-electron chi connectivity index (χ3n) is 2.37. The summed E-state index contributed by atoms with van der Waals surface area (Å²) in [6.45, 7) is 3.74. The minimum absolute atomic E-state index is 0.195. The van der Waals surface area contributed by atoms with Gasteiger partial charge >= 0.3 is 17.9 Å². The van der Waals surface area contributed by atoms with E-state index in [0.29, 0.717) is 13.0 Å². The van der Waals surface area contributed by atoms with Crippen molar-refractivity contribution < 1.29 is 29.7 Å². The topological polar surface area (TPSA) is 190 Å². The number of carboxylic acids is 3. The highest BCUT2D eigenvalue weighted by atomic mass is 16.4. The van der Waals surface area contributed by atoms with Crippen LogP contribution >= 0.6 is 0 Å². The summed E-state index contributed by atoms with van der Waals surface area (Å²) in [5.41, 5.74) is 15.3. The molecule has 0 spiro atoms. The van der Waals surface area contributed by atoms with Crippen LogP contribution in [0.4, 0.5) is 0 Å². The van der Waals surface area contributed by atoms with Crippen molar-refractivity contribution in [1.29, 1.82) is 0 Å². The number of aliphatic carboxylic acids is 3. The molecule has 9 heteroatoms. The molecule has 0 radical (unpaired) electrons. The van der Waals surface area contributed by atoms with Crippen molar-refractivity contribution in [2.45, 2.75) is 37.8 Å². The first-order chi connectivity index (χ1) is 9.63. The number of hydrogen-bond donors (Lipinski definition) is 6. The Hall–Kier alpha value is -1.97. The highest BCUT2D eigenvalue weighted by Gasteiger charge is 2.15. The SMILES string of the molecule is C=C(C[C@H](N)C(=O)O)C(=O)O.NCCCC[C@H](N)C(=O)O. The molecule has 0 aliphatic rings. The molecule has 0 aliphatic heterocycles. The standard InChI is InChI=1S/C6H14N2O2.C6H9NO4/c7-4-2-1-3-5(8)6(9)10;1-3(5(8)9)2-4(7)6(10)11/h5H,1-4,7-8H2,(H,9,10);4H,1-2,7H2,(H,8,9)(H,10,11)/t5-;4-/m00/s1. The van der Waals surface area contributed by atoms with Gasteiger partial charge in [0.1, 0.15) is 12.1 Å². The Bertz CT molecular complexity index is 372. The van der Waals surface area contributed by atoms with Crippen molar-refractivity contribution >= 4 is 17.9 Å². The smallest absolute Gasteiger partial charge is 0.331 e. The van der Waals surface area contributed by atoms with Crippen molar-refractivity contribution in [2.24, 2.45) is 17.2 Å². The molecular formula is C12H23N3O6. The van der Waals surface area contributed by atoms with Crippen LogP contribution in [0.3, 0.4) is 0 Å². The van der Waals surface area contributed by atoms with Gasteiger partial charge in [0.15, 0.2) is 0 Å². The van der Waals surface area contributed by atoms with Crippen LogP contribution in [0.2, 0.25) is 0 Å². The van der Waals surface area contributed by atoms with Crippen LogP contribution in [0.5, 0.6) is 0 Å². The van der Waals surface area contributed by atoms with E-state index in [-0.39, 0.29) is 12.0 Å². The molecule has 122 valence electrons. The normalized spacial score (nSPS) is 12.5. The molecule has 0 saturated carbocycles. The molecule has 0 fully saturated rings. The summed E-state index contributed by atoms with van der Waals surface area (Å²) in [5.74, 6) is -3.38. The van der Waals surface area contributed by atoms with Crippen molar-refractivity contribution in [2.75, 3.05) is 6.54 Å². The minimum atomic E-state index is -1.23. The van der Waals surface area contributed by atoms with Crippen LogP contribution in [0, 0.1) is 0 Å². The van der Waals surface area contributed by atoms with Crippen molar-refractivity contribution in [1.82, 2.24) is 0 Å². The summed E-state index contributed by atoms with van der Waals surface area (Å²) in [4.78, 5) is 30.3. The highest BCUT2D eigenvalue weighted by molar-refractivity contribution is 5.87. The quantitative estimate of drug-likeness (QED) is 0.228. The lowest BCUT2D eigenvalue weighted by Gasteiger charge is -2.04. The van der Waals surface area contributed by atoms with Crippen molar-refractivity contribution in [3.05, 3.63) is 12.2 Å². The average molecular weight is 305 g/mol. The first-order valence-electron chi connectivity index (χ1n) is 6.21. The van der Waals surface area contributed by atoms with Gasteiger partial charge < -0.3 is 32.5 Å². The second kappa shape index (κ2) is 11.8. The van der Waals surface area contributed by atoms with Gasteiger partial charge in [-0.25, -0.2) is 4.79 Å². The van der Waals surface area contributed by atoms with Gasteiger partial charge in [-0.15, -0.1) is 0 Å². The Labute approximate surface area is 122 Å². The summed E-state index contributed by atoms with van der Waals surface area (Å²) < 4.78 is 0. The molecule has 9 nitrogen and oxygen atoms in total. The molecular weight excluding hydrogens is 282 g/mol. The molecule has 0 rings (SSSR count). The maximum Gasteiger partial charge on any atom is 0.331 e. The lowest BCUT2D eigenvalue weighted by Crippen LogP contribution is -2.31. The Kier molecular flexibility index (Phi) is 12.0. The molecule has 0 bridgehead atoms. The zero-order chi connectivity index (χ0) is 17.0. The molecule has 0 aromatic rings. The lowest BCUT2D eigenvalue weighted by molar-refractivity contribution is -0.139. The summed E-state index contributed by atoms with van der Waals surface area (Å²) in [6.07, 6.45) is 1.93. The molecule has 0 aromatic heterocycles. The molecule has 0 unspecified atom stereocenters. The molecule has 2 atom stereocenters. The molecule has 0 saturated heterocycles. The lowest BCUT2D eigenvalue weighted by atomic mass is 10.1. The maximum absolute atomic E-state index is 10.1. The Morgan fingerprint density at radius 2 is 1.43 bits per heavy atom. The maximum atomic E-state index is 10.1. The number of rotatable bonds is 9. The van der Waals surface area contributed by atoms with E-state index in [1.165, 1.54) is 0 Å². The zero-order valence-electron chi connectivity index (χ0n) is 11.7. The van der Waals surface area contributed by atoms with Crippen molar-refractivity contribution in [3.8, 4) is 0 Å². The second-order valence-corrected chi connectivity index (χ2v) is 4.29. The molecule has 0 amide bonds. The van der Waals surface area contributed by atoms with Gasteiger partial charge in [-0.2, -0.15) is 0 Å². The van der Waals surface area contributed by atoms with Gasteiger partial charge in [-0.3, -0.25) is 9.59 Å². The number of nitrogens with two attached hydrogens (primary N) is 3. The monoisotopic (exact) mass is 305 g/mol. The highest BCUT2D eigenvalue weighted by Crippen LogP contribution is 2.00. The first-order valence-corrected chi connectivity index (χ1v) is 6.21. The molecule has 21 heavy (non-hydrogen) atoms. The van der Waals surface area contributed by atoms with E-state index < -0.39 is 30.0 Å². The van der Waals surface area contributed by atoms with Crippen LogP contribution in [0.25, 0.3) is 0 Å². The van der Waals surface area contributed by atoms with Crippen LogP contribution in [-0.2, 0) is 14.4 Å². The fourth-order valence-electron chi connectivity index (χ4n) is 1.07. The van der Waals surface area contributed by atoms with Gasteiger partial charge in [0, 0.05) is 12.0 Å². The van der Waals surface area contributed by atoms with E-state index in [2.05, 4.69) is 6.58 Å². The van der Waals surface area contributed by atoms with Crippen LogP contribution in [0.1, 0.15) is 25.7 Å². The van der Waals surface area contributed by atoms with Gasteiger partial charge in [0.25, 0.3) is 0 Å². The Balaban J connectivity index is 0. The van der Waals surface area contributed by atoms with Crippen molar-refractivity contribution in [3.63, 3.8) is 0 Å². The summed E-state index contributed by atoms with van der Waals surface area (Å²) in [5, 5.41) is 24.8. The van der Waals surface area contributed by atoms with E-state index in [9.17, 15) is 14.4 Å². The number of hydrogen-bond acceptors (Lipinski definition) is 6. The van der Waals surface area contributed by atoms with Gasteiger partial charge in [0.2, 0.25) is 0 Å². The van der Waals surface area contributed by atoms with E-state index in [4.69, 9.17) is 32.5 Å². The molecule has 0 aromatic carbocycles. The molecule has 0 aliphatic carbocycles. The van der Waals surface area contributed by atoms with Crippen LogP contribution in [-0.4, -0.2) is 51.9 Å². The third-order valence-corrected chi connectivity index (χ3v) is 2.37. The third kappa shape index (κ3) is 12.8. The Morgan fingerprint density at radius 3 is 1.76 bits per heavy atom. The summed E-state index contributed by atoms with van der Waals surface area (Å²) in [7, 11) is 0. The fourth-order valence-corrected chi connectivity index (χ4v) is 1.07. The number of carboxylic acid groups (broad SMARTS) is 3. The van der Waals surface area contributed by atoms with Gasteiger partial charge in [0.05, 0.1) is 0 Å². The number of carbonyl (C=O) groups is 3. The molecule has 0 heterocycles.